The van der Waals surface area contributed by atoms with Gasteiger partial charge < -0.3 is 15.6 Å². The van der Waals surface area contributed by atoms with Crippen molar-refractivity contribution in [2.75, 3.05) is 7.11 Å². The van der Waals surface area contributed by atoms with E-state index >= 15 is 0 Å². The third-order valence-electron chi connectivity index (χ3n) is 2.78. The molecule has 1 rings (SSSR count). The molecule has 3 nitrogen and oxygen atoms in total. The van der Waals surface area contributed by atoms with Gasteiger partial charge in [0.05, 0.1) is 7.11 Å². The summed E-state index contributed by atoms with van der Waals surface area (Å²) in [7, 11) is 1.56. The molecule has 16 heavy (non-hydrogen) atoms. The first kappa shape index (κ1) is 12.8. The van der Waals surface area contributed by atoms with Crippen LogP contribution in [-0.4, -0.2) is 17.8 Å². The van der Waals surface area contributed by atoms with Gasteiger partial charge in [-0.3, -0.25) is 0 Å². The van der Waals surface area contributed by atoms with E-state index in [2.05, 4.69) is 0 Å². The Balaban J connectivity index is 3.23. The molecule has 0 fully saturated rings. The second kappa shape index (κ2) is 4.34. The van der Waals surface area contributed by atoms with Crippen molar-refractivity contribution in [1.29, 1.82) is 0 Å². The van der Waals surface area contributed by atoms with Crippen LogP contribution >= 0.6 is 0 Å². The fourth-order valence-corrected chi connectivity index (χ4v) is 1.87. The molecular formula is C13H21NO2. The maximum atomic E-state index is 9.83. The van der Waals surface area contributed by atoms with Crippen LogP contribution in [0.1, 0.15) is 30.5 Å². The van der Waals surface area contributed by atoms with Gasteiger partial charge >= 0.3 is 0 Å². The van der Waals surface area contributed by atoms with Gasteiger partial charge in [0.15, 0.2) is 11.5 Å². The van der Waals surface area contributed by atoms with Crippen molar-refractivity contribution in [3.05, 3.63) is 22.8 Å². The van der Waals surface area contributed by atoms with Gasteiger partial charge in [0.25, 0.3) is 0 Å². The molecule has 1 aromatic rings. The first-order chi connectivity index (χ1) is 7.26. The summed E-state index contributed by atoms with van der Waals surface area (Å²) >= 11 is 0. The van der Waals surface area contributed by atoms with E-state index in [1.165, 1.54) is 0 Å². The molecule has 1 aromatic carbocycles. The molecule has 0 amide bonds. The van der Waals surface area contributed by atoms with Crippen LogP contribution in [0.4, 0.5) is 0 Å². The van der Waals surface area contributed by atoms with Gasteiger partial charge in [0.2, 0.25) is 0 Å². The fraction of sp³-hybridized carbons (Fsp3) is 0.538. The molecule has 0 aliphatic carbocycles. The van der Waals surface area contributed by atoms with Crippen LogP contribution in [0.2, 0.25) is 0 Å². The Hall–Kier alpha value is -1.22. The Kier molecular flexibility index (Phi) is 3.48. The minimum absolute atomic E-state index is 0.185. The third-order valence-corrected chi connectivity index (χ3v) is 2.78. The summed E-state index contributed by atoms with van der Waals surface area (Å²) in [4.78, 5) is 0. The maximum absolute atomic E-state index is 9.83. The lowest BCUT2D eigenvalue weighted by atomic mass is 9.91. The predicted molar refractivity (Wildman–Crippen MR) is 66.1 cm³/mol. The van der Waals surface area contributed by atoms with Crippen LogP contribution in [-0.2, 0) is 6.42 Å². The average Bonchev–Trinajstić information content (AvgIpc) is 2.12. The van der Waals surface area contributed by atoms with Gasteiger partial charge in [0, 0.05) is 5.54 Å². The number of benzene rings is 1. The molecule has 0 heterocycles. The van der Waals surface area contributed by atoms with Crippen molar-refractivity contribution >= 4 is 0 Å². The van der Waals surface area contributed by atoms with Crippen LogP contribution in [0.25, 0.3) is 0 Å². The molecule has 0 atom stereocenters. The summed E-state index contributed by atoms with van der Waals surface area (Å²) in [6, 6.07) is 1.75. The summed E-state index contributed by atoms with van der Waals surface area (Å²) in [5, 5.41) is 9.83. The van der Waals surface area contributed by atoms with Crippen molar-refractivity contribution in [1.82, 2.24) is 0 Å². The van der Waals surface area contributed by atoms with Gasteiger partial charge in [-0.15, -0.1) is 0 Å². The first-order valence-electron chi connectivity index (χ1n) is 5.41. The van der Waals surface area contributed by atoms with E-state index in [4.69, 9.17) is 10.5 Å². The van der Waals surface area contributed by atoms with Crippen LogP contribution < -0.4 is 10.5 Å². The molecule has 90 valence electrons. The Labute approximate surface area is 97.2 Å². The van der Waals surface area contributed by atoms with Gasteiger partial charge in [0.1, 0.15) is 0 Å². The molecule has 3 heteroatoms. The van der Waals surface area contributed by atoms with Gasteiger partial charge in [-0.05, 0) is 56.9 Å². The fourth-order valence-electron chi connectivity index (χ4n) is 1.87. The van der Waals surface area contributed by atoms with E-state index in [9.17, 15) is 5.11 Å². The minimum Gasteiger partial charge on any atom is -0.504 e. The van der Waals surface area contributed by atoms with Crippen LogP contribution in [0.15, 0.2) is 6.07 Å². The second-order valence-corrected chi connectivity index (χ2v) is 5.00. The zero-order chi connectivity index (χ0) is 12.5. The van der Waals surface area contributed by atoms with Crippen molar-refractivity contribution in [3.63, 3.8) is 0 Å². The molecule has 0 aromatic heterocycles. The number of aromatic hydroxyl groups is 1. The molecule has 0 aliphatic rings. The largest absolute Gasteiger partial charge is 0.504 e. The van der Waals surface area contributed by atoms with Crippen LogP contribution in [0, 0.1) is 13.8 Å². The molecule has 3 N–H and O–H groups in total. The van der Waals surface area contributed by atoms with E-state index in [1.807, 2.05) is 27.7 Å². The van der Waals surface area contributed by atoms with Crippen LogP contribution in [0.3, 0.4) is 0 Å². The highest BCUT2D eigenvalue weighted by Crippen LogP contribution is 2.35. The Morgan fingerprint density at radius 1 is 1.31 bits per heavy atom. The Bertz CT molecular complexity index is 392. The highest BCUT2D eigenvalue weighted by molar-refractivity contribution is 5.53. The average molecular weight is 223 g/mol. The van der Waals surface area contributed by atoms with E-state index in [1.54, 1.807) is 13.2 Å². The van der Waals surface area contributed by atoms with Crippen LogP contribution in [0.5, 0.6) is 11.5 Å². The molecule has 0 spiro atoms. The number of phenolic OH excluding ortho intramolecular Hbond substituents is 1. The van der Waals surface area contributed by atoms with Gasteiger partial charge in [-0.25, -0.2) is 0 Å². The molecular weight excluding hydrogens is 202 g/mol. The number of nitrogens with two attached hydrogens (primary N) is 1. The normalized spacial score (nSPS) is 11.6. The van der Waals surface area contributed by atoms with Gasteiger partial charge in [-0.1, -0.05) is 0 Å². The Morgan fingerprint density at radius 3 is 2.31 bits per heavy atom. The van der Waals surface area contributed by atoms with Crippen molar-refractivity contribution in [3.8, 4) is 11.5 Å². The van der Waals surface area contributed by atoms with E-state index in [0.717, 1.165) is 23.1 Å². The lowest BCUT2D eigenvalue weighted by Crippen LogP contribution is -2.34. The molecule has 0 aliphatic heterocycles. The lowest BCUT2D eigenvalue weighted by molar-refractivity contribution is 0.369. The molecule has 0 saturated heterocycles. The maximum Gasteiger partial charge on any atom is 0.163 e. The number of rotatable bonds is 3. The lowest BCUT2D eigenvalue weighted by Gasteiger charge is -2.22. The first-order valence-corrected chi connectivity index (χ1v) is 5.41. The quantitative estimate of drug-likeness (QED) is 0.826. The SMILES string of the molecule is COc1c(O)cc(CC(C)(C)N)c(C)c1C. The van der Waals surface area contributed by atoms with E-state index in [0.29, 0.717) is 5.75 Å². The highest BCUT2D eigenvalue weighted by atomic mass is 16.5. The molecule has 0 unspecified atom stereocenters. The summed E-state index contributed by atoms with van der Waals surface area (Å²) < 4.78 is 5.16. The van der Waals surface area contributed by atoms with Gasteiger partial charge in [-0.2, -0.15) is 0 Å². The number of methoxy groups -OCH3 is 1. The number of hydrogen-bond donors (Lipinski definition) is 2. The minimum atomic E-state index is -0.280. The summed E-state index contributed by atoms with van der Waals surface area (Å²) in [5.74, 6) is 0.737. The highest BCUT2D eigenvalue weighted by Gasteiger charge is 2.17. The number of phenols is 1. The smallest absolute Gasteiger partial charge is 0.163 e. The zero-order valence-corrected chi connectivity index (χ0v) is 10.7. The third kappa shape index (κ3) is 2.67. The summed E-state index contributed by atoms with van der Waals surface area (Å²) in [6.07, 6.45) is 0.733. The molecule has 0 bridgehead atoms. The zero-order valence-electron chi connectivity index (χ0n) is 10.7. The second-order valence-electron chi connectivity index (χ2n) is 5.00. The monoisotopic (exact) mass is 223 g/mol. The number of ether oxygens (including phenoxy) is 1. The molecule has 0 saturated carbocycles. The molecule has 0 radical (unpaired) electrons. The number of hydrogen-bond acceptors (Lipinski definition) is 3. The topological polar surface area (TPSA) is 55.5 Å². The predicted octanol–water partition coefficient (Wildman–Crippen LogP) is 2.30. The Morgan fingerprint density at radius 2 is 1.88 bits per heavy atom. The van der Waals surface area contributed by atoms with Crippen molar-refractivity contribution in [2.45, 2.75) is 39.7 Å². The van der Waals surface area contributed by atoms with E-state index in [-0.39, 0.29) is 11.3 Å². The summed E-state index contributed by atoms with van der Waals surface area (Å²) in [6.45, 7) is 7.92. The van der Waals surface area contributed by atoms with E-state index < -0.39 is 0 Å². The van der Waals surface area contributed by atoms with Crippen molar-refractivity contribution in [2.24, 2.45) is 5.73 Å². The van der Waals surface area contributed by atoms with Crippen molar-refractivity contribution < 1.29 is 9.84 Å². The summed E-state index contributed by atoms with van der Waals surface area (Å²) in [5.41, 5.74) is 8.89. The standard InChI is InChI=1S/C13H21NO2/c1-8-9(2)12(16-5)11(15)6-10(8)7-13(3,4)14/h6,15H,7,14H2,1-5H3.